The molecule has 0 bridgehead atoms. The van der Waals surface area contributed by atoms with E-state index < -0.39 is 23.5 Å². The van der Waals surface area contributed by atoms with Crippen LogP contribution in [0.2, 0.25) is 0 Å². The fraction of sp³-hybridized carbons (Fsp3) is 0.500. The Labute approximate surface area is 178 Å². The summed E-state index contributed by atoms with van der Waals surface area (Å²) < 4.78 is 41.7. The summed E-state index contributed by atoms with van der Waals surface area (Å²) in [6.45, 7) is 6.01. The van der Waals surface area contributed by atoms with Gasteiger partial charge >= 0.3 is 6.18 Å². The molecule has 11 heteroatoms. The molecule has 8 nitrogen and oxygen atoms in total. The number of anilines is 2. The normalized spacial score (nSPS) is 14.3. The molecule has 1 fully saturated rings. The summed E-state index contributed by atoms with van der Waals surface area (Å²) in [4.78, 5) is 19.3. The topological polar surface area (TPSA) is 80.4 Å². The molecule has 1 amide bonds. The molecule has 168 valence electrons. The van der Waals surface area contributed by atoms with Gasteiger partial charge < -0.3 is 10.2 Å². The van der Waals surface area contributed by atoms with Crippen molar-refractivity contribution in [1.29, 1.82) is 0 Å². The number of alkyl halides is 3. The van der Waals surface area contributed by atoms with E-state index in [2.05, 4.69) is 39.2 Å². The first-order valence-corrected chi connectivity index (χ1v) is 10.3. The number of nitrogens with one attached hydrogen (secondary N) is 1. The predicted molar refractivity (Wildman–Crippen MR) is 111 cm³/mol. The number of halogens is 3. The largest absolute Gasteiger partial charge is 0.437 e. The first-order valence-electron chi connectivity index (χ1n) is 10.3. The average molecular weight is 437 g/mol. The minimum atomic E-state index is -4.68. The quantitative estimate of drug-likeness (QED) is 0.666. The SMILES string of the molecule is CCC.Cn1cc(NC(=O)c2cnn3ccc(N4CCCCC4)nc23)c(C(F)(F)F)n1. The lowest BCUT2D eigenvalue weighted by Crippen LogP contribution is -2.30. The van der Waals surface area contributed by atoms with Crippen LogP contribution in [0.15, 0.2) is 24.7 Å². The van der Waals surface area contributed by atoms with Crippen molar-refractivity contribution < 1.29 is 18.0 Å². The number of amides is 1. The van der Waals surface area contributed by atoms with Gasteiger partial charge in [0.25, 0.3) is 5.91 Å². The van der Waals surface area contributed by atoms with Crippen molar-refractivity contribution in [3.8, 4) is 0 Å². The van der Waals surface area contributed by atoms with Crippen LogP contribution in [0.4, 0.5) is 24.7 Å². The first-order chi connectivity index (χ1) is 14.7. The van der Waals surface area contributed by atoms with Crippen LogP contribution in [-0.4, -0.2) is 43.4 Å². The lowest BCUT2D eigenvalue weighted by atomic mass is 10.1. The third-order valence-corrected chi connectivity index (χ3v) is 4.62. The molecule has 3 aromatic heterocycles. The minimum absolute atomic E-state index is 0.0934. The van der Waals surface area contributed by atoms with Gasteiger partial charge in [-0.25, -0.2) is 9.50 Å². The van der Waals surface area contributed by atoms with Crippen molar-refractivity contribution in [3.05, 3.63) is 35.9 Å². The predicted octanol–water partition coefficient (Wildman–Crippen LogP) is 4.14. The Morgan fingerprint density at radius 3 is 2.52 bits per heavy atom. The maximum absolute atomic E-state index is 13.1. The Kier molecular flexibility index (Phi) is 6.81. The summed E-state index contributed by atoms with van der Waals surface area (Å²) in [6, 6.07) is 1.82. The van der Waals surface area contributed by atoms with Crippen molar-refractivity contribution in [1.82, 2.24) is 24.4 Å². The number of piperidine rings is 1. The molecule has 0 saturated carbocycles. The van der Waals surface area contributed by atoms with Gasteiger partial charge in [0, 0.05) is 32.5 Å². The van der Waals surface area contributed by atoms with E-state index in [4.69, 9.17) is 0 Å². The molecule has 0 unspecified atom stereocenters. The van der Waals surface area contributed by atoms with Gasteiger partial charge in [0.05, 0.1) is 11.9 Å². The van der Waals surface area contributed by atoms with Gasteiger partial charge in [-0.05, 0) is 25.3 Å². The van der Waals surface area contributed by atoms with E-state index in [-0.39, 0.29) is 11.2 Å². The molecular weight excluding hydrogens is 411 g/mol. The highest BCUT2D eigenvalue weighted by Gasteiger charge is 2.37. The van der Waals surface area contributed by atoms with Crippen LogP contribution in [0, 0.1) is 0 Å². The number of hydrogen-bond donors (Lipinski definition) is 1. The Morgan fingerprint density at radius 2 is 1.87 bits per heavy atom. The standard InChI is InChI=1S/C17H18F3N7O.C3H8/c1-25-10-12(14(24-25)17(18,19)20)22-16(28)11-9-21-27-8-5-13(23-15(11)27)26-6-3-2-4-7-26;1-3-2/h5,8-10H,2-4,6-7H2,1H3,(H,22,28);3H2,1-2H3. The molecule has 31 heavy (non-hydrogen) atoms. The summed E-state index contributed by atoms with van der Waals surface area (Å²) in [5.74, 6) is -0.00379. The van der Waals surface area contributed by atoms with Gasteiger partial charge in [0.15, 0.2) is 11.3 Å². The van der Waals surface area contributed by atoms with Crippen LogP contribution < -0.4 is 10.2 Å². The number of aromatic nitrogens is 5. The molecule has 3 aromatic rings. The Morgan fingerprint density at radius 1 is 1.19 bits per heavy atom. The van der Waals surface area contributed by atoms with Gasteiger partial charge in [-0.3, -0.25) is 9.48 Å². The summed E-state index contributed by atoms with van der Waals surface area (Å²) in [5.41, 5.74) is -1.18. The lowest BCUT2D eigenvalue weighted by molar-refractivity contribution is -0.140. The van der Waals surface area contributed by atoms with Gasteiger partial charge in [0.1, 0.15) is 11.4 Å². The number of aryl methyl sites for hydroxylation is 1. The summed E-state index contributed by atoms with van der Waals surface area (Å²) >= 11 is 0. The Balaban J connectivity index is 0.000000858. The highest BCUT2D eigenvalue weighted by atomic mass is 19.4. The number of carbonyl (C=O) groups excluding carboxylic acids is 1. The van der Waals surface area contributed by atoms with Gasteiger partial charge in [-0.2, -0.15) is 23.4 Å². The monoisotopic (exact) mass is 437 g/mol. The lowest BCUT2D eigenvalue weighted by Gasteiger charge is -2.27. The van der Waals surface area contributed by atoms with Crippen LogP contribution in [0.5, 0.6) is 0 Å². The van der Waals surface area contributed by atoms with Gasteiger partial charge in [-0.15, -0.1) is 0 Å². The second kappa shape index (κ2) is 9.36. The second-order valence-corrected chi connectivity index (χ2v) is 7.38. The van der Waals surface area contributed by atoms with Crippen LogP contribution in [0.1, 0.15) is 55.6 Å². The molecule has 0 spiro atoms. The molecule has 0 atom stereocenters. The van der Waals surface area contributed by atoms with E-state index in [1.165, 1.54) is 30.6 Å². The molecule has 4 heterocycles. The fourth-order valence-electron chi connectivity index (χ4n) is 3.30. The Hall–Kier alpha value is -3.11. The highest BCUT2D eigenvalue weighted by molar-refractivity contribution is 6.08. The van der Waals surface area contributed by atoms with E-state index >= 15 is 0 Å². The minimum Gasteiger partial charge on any atom is -0.357 e. The molecule has 1 saturated heterocycles. The van der Waals surface area contributed by atoms with E-state index in [0.717, 1.165) is 42.6 Å². The second-order valence-electron chi connectivity index (χ2n) is 7.38. The van der Waals surface area contributed by atoms with Crippen molar-refractivity contribution in [3.63, 3.8) is 0 Å². The maximum Gasteiger partial charge on any atom is 0.437 e. The van der Waals surface area contributed by atoms with Crippen LogP contribution in [-0.2, 0) is 13.2 Å². The number of hydrogen-bond acceptors (Lipinski definition) is 5. The number of rotatable bonds is 3. The van der Waals surface area contributed by atoms with Crippen molar-refractivity contribution in [2.75, 3.05) is 23.3 Å². The van der Waals surface area contributed by atoms with Gasteiger partial charge in [0.2, 0.25) is 0 Å². The zero-order valence-corrected chi connectivity index (χ0v) is 17.8. The summed E-state index contributed by atoms with van der Waals surface area (Å²) in [5, 5.41) is 9.75. The van der Waals surface area contributed by atoms with E-state index in [1.807, 2.05) is 6.07 Å². The molecular formula is C20H26F3N7O. The molecule has 4 rings (SSSR count). The Bertz CT molecular complexity index is 1040. The van der Waals surface area contributed by atoms with E-state index in [9.17, 15) is 18.0 Å². The smallest absolute Gasteiger partial charge is 0.357 e. The molecule has 1 N–H and O–H groups in total. The highest BCUT2D eigenvalue weighted by Crippen LogP contribution is 2.33. The number of carbonyl (C=O) groups is 1. The van der Waals surface area contributed by atoms with Crippen LogP contribution in [0.3, 0.4) is 0 Å². The molecule has 0 aromatic carbocycles. The first kappa shape index (κ1) is 22.6. The van der Waals surface area contributed by atoms with Crippen LogP contribution >= 0.6 is 0 Å². The zero-order chi connectivity index (χ0) is 22.6. The van der Waals surface area contributed by atoms with Crippen molar-refractivity contribution >= 4 is 23.1 Å². The van der Waals surface area contributed by atoms with E-state index in [0.29, 0.717) is 0 Å². The molecule has 0 aliphatic carbocycles. The van der Waals surface area contributed by atoms with Crippen molar-refractivity contribution in [2.45, 2.75) is 45.7 Å². The fourth-order valence-corrected chi connectivity index (χ4v) is 3.30. The van der Waals surface area contributed by atoms with Gasteiger partial charge in [-0.1, -0.05) is 20.3 Å². The summed E-state index contributed by atoms with van der Waals surface area (Å²) in [7, 11) is 1.35. The van der Waals surface area contributed by atoms with E-state index in [1.54, 1.807) is 6.20 Å². The third-order valence-electron chi connectivity index (χ3n) is 4.62. The van der Waals surface area contributed by atoms with Crippen LogP contribution in [0.25, 0.3) is 5.65 Å². The maximum atomic E-state index is 13.1. The third kappa shape index (κ3) is 5.15. The molecule has 1 aliphatic heterocycles. The number of nitrogens with zero attached hydrogens (tertiary/aromatic N) is 6. The van der Waals surface area contributed by atoms with Crippen molar-refractivity contribution in [2.24, 2.45) is 7.05 Å². The zero-order valence-electron chi connectivity index (χ0n) is 17.8. The number of fused-ring (bicyclic) bond motifs is 1. The summed E-state index contributed by atoms with van der Waals surface area (Å²) in [6.07, 6.45) is 3.98. The molecule has 1 aliphatic rings. The average Bonchev–Trinajstić information content (AvgIpc) is 3.32. The molecule has 0 radical (unpaired) electrons.